The molecule has 1 fully saturated rings. The maximum Gasteiger partial charge on any atom is 0.225 e. The molecular formula is C9H17NO2. The van der Waals surface area contributed by atoms with Gasteiger partial charge in [-0.25, -0.2) is 0 Å². The molecule has 2 N–H and O–H groups in total. The molecule has 0 aromatic rings. The molecule has 1 rings (SSSR count). The number of rotatable bonds is 2. The van der Waals surface area contributed by atoms with Gasteiger partial charge in [0.2, 0.25) is 5.91 Å². The predicted octanol–water partition coefficient (Wildman–Crippen LogP) is 0.528. The van der Waals surface area contributed by atoms with Crippen molar-refractivity contribution in [2.75, 3.05) is 0 Å². The van der Waals surface area contributed by atoms with E-state index >= 15 is 0 Å². The van der Waals surface area contributed by atoms with Gasteiger partial charge in [0.05, 0.1) is 18.1 Å². The summed E-state index contributed by atoms with van der Waals surface area (Å²) in [7, 11) is 0. The van der Waals surface area contributed by atoms with E-state index in [9.17, 15) is 9.90 Å². The molecule has 0 aromatic carbocycles. The van der Waals surface area contributed by atoms with Crippen LogP contribution in [0, 0.1) is 11.8 Å². The van der Waals surface area contributed by atoms with Crippen molar-refractivity contribution in [1.82, 2.24) is 5.32 Å². The van der Waals surface area contributed by atoms with Crippen molar-refractivity contribution in [2.24, 2.45) is 11.8 Å². The molecule has 0 aromatic heterocycles. The highest BCUT2D eigenvalue weighted by atomic mass is 16.3. The molecular weight excluding hydrogens is 154 g/mol. The SMILES string of the molecule is CC(C)C[C@@H]1NC(=O)[C@H](C)[C@@H]1O. The first-order chi connectivity index (χ1) is 5.52. The van der Waals surface area contributed by atoms with Gasteiger partial charge in [0.15, 0.2) is 0 Å². The van der Waals surface area contributed by atoms with Crippen LogP contribution in [0.5, 0.6) is 0 Å². The molecule has 0 bridgehead atoms. The number of aliphatic hydroxyl groups is 1. The molecule has 1 aliphatic rings. The van der Waals surface area contributed by atoms with Gasteiger partial charge in [0.1, 0.15) is 0 Å². The number of carbonyl (C=O) groups is 1. The lowest BCUT2D eigenvalue weighted by molar-refractivity contribution is -0.123. The maximum absolute atomic E-state index is 11.1. The average molecular weight is 171 g/mol. The van der Waals surface area contributed by atoms with E-state index in [1.807, 2.05) is 0 Å². The number of nitrogens with one attached hydrogen (secondary N) is 1. The Kier molecular flexibility index (Phi) is 2.73. The van der Waals surface area contributed by atoms with Gasteiger partial charge >= 0.3 is 0 Å². The molecule has 0 spiro atoms. The van der Waals surface area contributed by atoms with Gasteiger partial charge < -0.3 is 10.4 Å². The van der Waals surface area contributed by atoms with E-state index in [2.05, 4.69) is 19.2 Å². The molecule has 70 valence electrons. The second kappa shape index (κ2) is 3.44. The molecule has 3 atom stereocenters. The van der Waals surface area contributed by atoms with Gasteiger partial charge in [0.25, 0.3) is 0 Å². The third-order valence-electron chi connectivity index (χ3n) is 2.39. The zero-order valence-electron chi connectivity index (χ0n) is 7.87. The number of hydrogen-bond donors (Lipinski definition) is 2. The Morgan fingerprint density at radius 1 is 1.58 bits per heavy atom. The summed E-state index contributed by atoms with van der Waals surface area (Å²) in [5.74, 6) is 0.247. The first-order valence-electron chi connectivity index (χ1n) is 4.50. The van der Waals surface area contributed by atoms with Gasteiger partial charge in [-0.05, 0) is 12.3 Å². The summed E-state index contributed by atoms with van der Waals surface area (Å²) in [5, 5.41) is 12.4. The number of carbonyl (C=O) groups excluding carboxylic acids is 1. The Bertz CT molecular complexity index is 179. The quantitative estimate of drug-likeness (QED) is 0.636. The van der Waals surface area contributed by atoms with Crippen molar-refractivity contribution in [3.63, 3.8) is 0 Å². The van der Waals surface area contributed by atoms with Crippen molar-refractivity contribution in [3.05, 3.63) is 0 Å². The smallest absolute Gasteiger partial charge is 0.225 e. The Labute approximate surface area is 73.2 Å². The summed E-state index contributed by atoms with van der Waals surface area (Å²) in [6.07, 6.45) is 0.358. The highest BCUT2D eigenvalue weighted by molar-refractivity contribution is 5.81. The Morgan fingerprint density at radius 2 is 2.17 bits per heavy atom. The molecule has 0 aliphatic carbocycles. The van der Waals surface area contributed by atoms with E-state index in [1.165, 1.54) is 0 Å². The molecule has 1 amide bonds. The minimum Gasteiger partial charge on any atom is -0.390 e. The second-order valence-electron chi connectivity index (χ2n) is 4.02. The highest BCUT2D eigenvalue weighted by Crippen LogP contribution is 2.20. The monoisotopic (exact) mass is 171 g/mol. The lowest BCUT2D eigenvalue weighted by atomic mass is 9.96. The van der Waals surface area contributed by atoms with Gasteiger partial charge in [-0.1, -0.05) is 20.8 Å². The molecule has 1 saturated heterocycles. The summed E-state index contributed by atoms with van der Waals surface area (Å²) in [4.78, 5) is 11.1. The molecule has 0 radical (unpaired) electrons. The van der Waals surface area contributed by atoms with Crippen LogP contribution >= 0.6 is 0 Å². The van der Waals surface area contributed by atoms with Gasteiger partial charge in [-0.15, -0.1) is 0 Å². The van der Waals surface area contributed by atoms with E-state index in [0.29, 0.717) is 5.92 Å². The van der Waals surface area contributed by atoms with E-state index in [1.54, 1.807) is 6.92 Å². The normalized spacial score (nSPS) is 35.8. The first-order valence-corrected chi connectivity index (χ1v) is 4.50. The first kappa shape index (κ1) is 9.52. The topological polar surface area (TPSA) is 49.3 Å². The molecule has 1 aliphatic heterocycles. The number of hydrogen-bond acceptors (Lipinski definition) is 2. The van der Waals surface area contributed by atoms with Crippen molar-refractivity contribution >= 4 is 5.91 Å². The minimum atomic E-state index is -0.500. The third kappa shape index (κ3) is 1.78. The molecule has 3 heteroatoms. The fourth-order valence-electron chi connectivity index (χ4n) is 1.61. The van der Waals surface area contributed by atoms with Crippen LogP contribution in [0.3, 0.4) is 0 Å². The van der Waals surface area contributed by atoms with Crippen molar-refractivity contribution in [1.29, 1.82) is 0 Å². The van der Waals surface area contributed by atoms with Crippen molar-refractivity contribution < 1.29 is 9.90 Å². The number of amides is 1. The van der Waals surface area contributed by atoms with Gasteiger partial charge in [-0.2, -0.15) is 0 Å². The summed E-state index contributed by atoms with van der Waals surface area (Å²) in [5.41, 5.74) is 0. The van der Waals surface area contributed by atoms with Crippen LogP contribution in [0.1, 0.15) is 27.2 Å². The molecule has 0 unspecified atom stereocenters. The van der Waals surface area contributed by atoms with Gasteiger partial charge in [0, 0.05) is 0 Å². The fourth-order valence-corrected chi connectivity index (χ4v) is 1.61. The second-order valence-corrected chi connectivity index (χ2v) is 4.02. The minimum absolute atomic E-state index is 0.0202. The zero-order chi connectivity index (χ0) is 9.30. The van der Waals surface area contributed by atoms with Crippen LogP contribution in [-0.4, -0.2) is 23.2 Å². The zero-order valence-corrected chi connectivity index (χ0v) is 7.87. The third-order valence-corrected chi connectivity index (χ3v) is 2.39. The molecule has 1 heterocycles. The summed E-state index contributed by atoms with van der Waals surface area (Å²) >= 11 is 0. The summed E-state index contributed by atoms with van der Waals surface area (Å²) < 4.78 is 0. The van der Waals surface area contributed by atoms with Crippen LogP contribution in [-0.2, 0) is 4.79 Å². The Balaban J connectivity index is 2.53. The predicted molar refractivity (Wildman–Crippen MR) is 46.6 cm³/mol. The number of aliphatic hydroxyl groups excluding tert-OH is 1. The van der Waals surface area contributed by atoms with Crippen LogP contribution in [0.2, 0.25) is 0 Å². The average Bonchev–Trinajstić information content (AvgIpc) is 2.17. The lowest BCUT2D eigenvalue weighted by Crippen LogP contribution is -2.33. The van der Waals surface area contributed by atoms with Crippen LogP contribution < -0.4 is 5.32 Å². The highest BCUT2D eigenvalue weighted by Gasteiger charge is 2.37. The largest absolute Gasteiger partial charge is 0.390 e. The van der Waals surface area contributed by atoms with Crippen molar-refractivity contribution in [3.8, 4) is 0 Å². The maximum atomic E-state index is 11.1. The summed E-state index contributed by atoms with van der Waals surface area (Å²) in [6.45, 7) is 5.93. The Hall–Kier alpha value is -0.570. The lowest BCUT2D eigenvalue weighted by Gasteiger charge is -2.17. The standard InChI is InChI=1S/C9H17NO2/c1-5(2)4-7-8(11)6(3)9(12)10-7/h5-8,11H,4H2,1-3H3,(H,10,12)/t6-,7+,8+/m1/s1. The van der Waals surface area contributed by atoms with Crippen LogP contribution in [0.15, 0.2) is 0 Å². The molecule has 12 heavy (non-hydrogen) atoms. The van der Waals surface area contributed by atoms with E-state index in [-0.39, 0.29) is 17.9 Å². The Morgan fingerprint density at radius 3 is 2.50 bits per heavy atom. The van der Waals surface area contributed by atoms with E-state index in [4.69, 9.17) is 0 Å². The van der Waals surface area contributed by atoms with Crippen LogP contribution in [0.25, 0.3) is 0 Å². The van der Waals surface area contributed by atoms with E-state index in [0.717, 1.165) is 6.42 Å². The van der Waals surface area contributed by atoms with E-state index < -0.39 is 6.10 Å². The molecule has 3 nitrogen and oxygen atoms in total. The van der Waals surface area contributed by atoms with Crippen molar-refractivity contribution in [2.45, 2.75) is 39.3 Å². The fraction of sp³-hybridized carbons (Fsp3) is 0.889. The molecule has 0 saturated carbocycles. The van der Waals surface area contributed by atoms with Crippen LogP contribution in [0.4, 0.5) is 0 Å². The summed E-state index contributed by atoms with van der Waals surface area (Å²) in [6, 6.07) is -0.0347. The van der Waals surface area contributed by atoms with Gasteiger partial charge in [-0.3, -0.25) is 4.79 Å².